The first-order valence-electron chi connectivity index (χ1n) is 8.71. The molecule has 9 heteroatoms. The molecule has 0 radical (unpaired) electrons. The summed E-state index contributed by atoms with van der Waals surface area (Å²) in [6.07, 6.45) is 0. The topological polar surface area (TPSA) is 74.3 Å². The van der Waals surface area contributed by atoms with E-state index < -0.39 is 12.1 Å². The van der Waals surface area contributed by atoms with E-state index in [1.165, 1.54) is 23.8 Å². The quantitative estimate of drug-likeness (QED) is 0.763. The van der Waals surface area contributed by atoms with Gasteiger partial charge < -0.3 is 4.90 Å². The van der Waals surface area contributed by atoms with Crippen LogP contribution in [0.25, 0.3) is 11.4 Å². The summed E-state index contributed by atoms with van der Waals surface area (Å²) in [4.78, 5) is 28.4. The van der Waals surface area contributed by atoms with Gasteiger partial charge >= 0.3 is 11.9 Å². The maximum atomic E-state index is 13.3. The third kappa shape index (κ3) is 2.45. The van der Waals surface area contributed by atoms with Crippen LogP contribution in [0.3, 0.4) is 0 Å². The van der Waals surface area contributed by atoms with Crippen LogP contribution < -0.4 is 4.90 Å². The minimum Gasteiger partial charge on any atom is -0.305 e. The minimum atomic E-state index is -0.648. The van der Waals surface area contributed by atoms with Crippen molar-refractivity contribution in [3.05, 3.63) is 30.1 Å². The number of nitrogens with zero attached hydrogens (tertiary/aromatic N) is 6. The van der Waals surface area contributed by atoms with Crippen LogP contribution in [0.15, 0.2) is 24.3 Å². The second kappa shape index (κ2) is 5.97. The van der Waals surface area contributed by atoms with Crippen molar-refractivity contribution in [3.8, 4) is 11.4 Å². The van der Waals surface area contributed by atoms with E-state index in [-0.39, 0.29) is 17.6 Å². The Kier molecular flexibility index (Phi) is 3.83. The Balaban J connectivity index is 1.95. The molecule has 0 saturated carbocycles. The summed E-state index contributed by atoms with van der Waals surface area (Å²) in [5, 5.41) is 8.54. The zero-order valence-electron chi connectivity index (χ0n) is 15.5. The second-order valence-corrected chi connectivity index (χ2v) is 7.21. The Bertz CT molecular complexity index is 978. The Morgan fingerprint density at radius 1 is 1.19 bits per heavy atom. The van der Waals surface area contributed by atoms with Crippen molar-refractivity contribution in [1.29, 1.82) is 0 Å². The van der Waals surface area contributed by atoms with Crippen LogP contribution in [0, 0.1) is 11.7 Å². The number of likely N-dealkylation sites (N-methyl/N-ethyl adjacent to an activating group) is 1. The number of halogens is 1. The van der Waals surface area contributed by atoms with Gasteiger partial charge in [0.2, 0.25) is 17.7 Å². The summed E-state index contributed by atoms with van der Waals surface area (Å²) in [6.45, 7) is 4.67. The molecule has 1 aromatic heterocycles. The van der Waals surface area contributed by atoms with Gasteiger partial charge in [-0.1, -0.05) is 18.9 Å². The lowest BCUT2D eigenvalue weighted by molar-refractivity contribution is -0.407. The number of imide groups is 1. The molecule has 4 rings (SSSR count). The molecule has 0 spiro atoms. The monoisotopic (exact) mass is 371 g/mol. The van der Waals surface area contributed by atoms with Gasteiger partial charge in [-0.25, -0.2) is 13.8 Å². The van der Waals surface area contributed by atoms with Gasteiger partial charge in [0, 0.05) is 12.1 Å². The van der Waals surface area contributed by atoms with E-state index in [1.54, 1.807) is 23.7 Å². The Morgan fingerprint density at radius 3 is 2.48 bits per heavy atom. The summed E-state index contributed by atoms with van der Waals surface area (Å²) in [7, 11) is 3.11. The van der Waals surface area contributed by atoms with Crippen molar-refractivity contribution in [3.63, 3.8) is 0 Å². The van der Waals surface area contributed by atoms with Crippen molar-refractivity contribution in [2.24, 2.45) is 5.92 Å². The van der Waals surface area contributed by atoms with Crippen LogP contribution in [0.5, 0.6) is 0 Å². The molecule has 0 N–H and O–H groups in total. The smallest absolute Gasteiger partial charge is 0.305 e. The van der Waals surface area contributed by atoms with Gasteiger partial charge in [0.25, 0.3) is 5.95 Å². The number of carbonyl (C=O) groups is 2. The SMILES string of the molecule is CC(C)CN1c2nnc(-c3ccc(F)cc3)n2C2=[N+](C)C(=O)N(C)C(=O)C21. The summed E-state index contributed by atoms with van der Waals surface area (Å²) < 4.78 is 16.5. The highest BCUT2D eigenvalue weighted by molar-refractivity contribution is 6.18. The third-order valence-electron chi connectivity index (χ3n) is 4.83. The van der Waals surface area contributed by atoms with Crippen molar-refractivity contribution >= 4 is 23.7 Å². The number of aromatic nitrogens is 3. The van der Waals surface area contributed by atoms with Gasteiger partial charge in [-0.2, -0.15) is 9.47 Å². The molecule has 140 valence electrons. The molecular weight excluding hydrogens is 351 g/mol. The predicted molar refractivity (Wildman–Crippen MR) is 96.1 cm³/mol. The molecule has 0 aliphatic carbocycles. The van der Waals surface area contributed by atoms with Gasteiger partial charge in [0.15, 0.2) is 0 Å². The van der Waals surface area contributed by atoms with Gasteiger partial charge in [0.1, 0.15) is 5.82 Å². The van der Waals surface area contributed by atoms with Gasteiger partial charge in [-0.05, 0) is 30.2 Å². The number of hydrogen-bond donors (Lipinski definition) is 0. The minimum absolute atomic E-state index is 0.268. The second-order valence-electron chi connectivity index (χ2n) is 7.21. The number of benzene rings is 1. The predicted octanol–water partition coefficient (Wildman–Crippen LogP) is 1.41. The zero-order valence-corrected chi connectivity index (χ0v) is 15.5. The molecule has 1 aromatic carbocycles. The van der Waals surface area contributed by atoms with Crippen LogP contribution in [-0.2, 0) is 4.79 Å². The molecule has 8 nitrogen and oxygen atoms in total. The van der Waals surface area contributed by atoms with Crippen LogP contribution in [0.2, 0.25) is 0 Å². The number of fused-ring (bicyclic) bond motifs is 3. The molecule has 0 saturated heterocycles. The lowest BCUT2D eigenvalue weighted by Crippen LogP contribution is -2.60. The van der Waals surface area contributed by atoms with E-state index in [1.807, 2.05) is 18.7 Å². The zero-order chi connectivity index (χ0) is 19.5. The number of anilines is 1. The van der Waals surface area contributed by atoms with Crippen LogP contribution >= 0.6 is 0 Å². The maximum Gasteiger partial charge on any atom is 0.445 e. The van der Waals surface area contributed by atoms with Crippen LogP contribution in [0.1, 0.15) is 13.8 Å². The summed E-state index contributed by atoms with van der Waals surface area (Å²) >= 11 is 0. The Hall–Kier alpha value is -3.10. The number of urea groups is 1. The van der Waals surface area contributed by atoms with Crippen LogP contribution in [-0.4, -0.2) is 68.7 Å². The first-order valence-corrected chi connectivity index (χ1v) is 8.71. The van der Waals surface area contributed by atoms with E-state index in [9.17, 15) is 14.0 Å². The number of hydrogen-bond acceptors (Lipinski definition) is 5. The van der Waals surface area contributed by atoms with Crippen LogP contribution in [0.4, 0.5) is 15.1 Å². The molecular formula is C18H20FN6O2+. The molecule has 3 heterocycles. The molecule has 0 fully saturated rings. The fraction of sp³-hybridized carbons (Fsp3) is 0.389. The lowest BCUT2D eigenvalue weighted by Gasteiger charge is -2.28. The molecule has 0 bridgehead atoms. The molecule has 2 aliphatic rings. The van der Waals surface area contributed by atoms with Gasteiger partial charge in [-0.15, -0.1) is 5.10 Å². The summed E-state index contributed by atoms with van der Waals surface area (Å²) in [5.74, 6) is 1.09. The number of carbonyl (C=O) groups excluding carboxylic acids is 2. The Morgan fingerprint density at radius 2 is 1.85 bits per heavy atom. The van der Waals surface area contributed by atoms with Crippen molar-refractivity contribution in [2.45, 2.75) is 19.9 Å². The normalized spacial score (nSPS) is 19.3. The maximum absolute atomic E-state index is 13.3. The molecule has 1 atom stereocenters. The lowest BCUT2D eigenvalue weighted by atomic mass is 10.1. The fourth-order valence-electron chi connectivity index (χ4n) is 3.59. The highest BCUT2D eigenvalue weighted by Crippen LogP contribution is 2.33. The van der Waals surface area contributed by atoms with E-state index in [0.29, 0.717) is 29.7 Å². The number of amides is 3. The third-order valence-corrected chi connectivity index (χ3v) is 4.83. The average molecular weight is 371 g/mol. The molecule has 27 heavy (non-hydrogen) atoms. The molecule has 2 aliphatic heterocycles. The first-order chi connectivity index (χ1) is 12.8. The number of rotatable bonds is 3. The van der Waals surface area contributed by atoms with Crippen molar-refractivity contribution in [1.82, 2.24) is 19.7 Å². The summed E-state index contributed by atoms with van der Waals surface area (Å²) in [5.41, 5.74) is 0.653. The largest absolute Gasteiger partial charge is 0.445 e. The van der Waals surface area contributed by atoms with E-state index in [4.69, 9.17) is 0 Å². The van der Waals surface area contributed by atoms with Crippen molar-refractivity contribution in [2.75, 3.05) is 25.5 Å². The standard InChI is InChI=1S/C18H20FN6O2/c1-10(2)9-24-13-15(22(3)18(27)23(4)16(13)26)25-14(20-21-17(24)25)11-5-7-12(19)8-6-11/h5-8,10,13H,9H2,1-4H3/q+1. The fourth-order valence-corrected chi connectivity index (χ4v) is 3.59. The van der Waals surface area contributed by atoms with Gasteiger partial charge in [0.05, 0.1) is 14.1 Å². The highest BCUT2D eigenvalue weighted by Gasteiger charge is 2.55. The van der Waals surface area contributed by atoms with Crippen molar-refractivity contribution < 1.29 is 18.6 Å². The van der Waals surface area contributed by atoms with E-state index in [2.05, 4.69) is 10.2 Å². The summed E-state index contributed by atoms with van der Waals surface area (Å²) in [6, 6.07) is 4.83. The highest BCUT2D eigenvalue weighted by atomic mass is 19.1. The average Bonchev–Trinajstić information content (AvgIpc) is 3.18. The molecule has 3 amide bonds. The van der Waals surface area contributed by atoms with Gasteiger partial charge in [-0.3, -0.25) is 4.79 Å². The first kappa shape index (κ1) is 17.3. The molecule has 1 unspecified atom stereocenters. The molecule has 2 aromatic rings. The Labute approximate surface area is 155 Å². The van der Waals surface area contributed by atoms with E-state index >= 15 is 0 Å². The van der Waals surface area contributed by atoms with E-state index in [0.717, 1.165) is 4.90 Å².